The standard InChI is InChI=1S/C30H30O8/c1-2-18-34-30-27(38-29(33)23-16-10-5-11-17-23)25(31)26(35-19-21-12-6-3-7-13-21)24(37-30)20-36-28(32)22-14-8-4-9-15-22/h2-17,24-27,30-31H,1,18-20H2/t24?,25?,26-,27?,30+/m0/s1. The largest absolute Gasteiger partial charge is 0.459 e. The third-order valence-electron chi connectivity index (χ3n) is 5.92. The van der Waals surface area contributed by atoms with Gasteiger partial charge in [0.25, 0.3) is 0 Å². The lowest BCUT2D eigenvalue weighted by molar-refractivity contribution is -0.305. The minimum absolute atomic E-state index is 0.0723. The van der Waals surface area contributed by atoms with Crippen LogP contribution in [0.5, 0.6) is 0 Å². The summed E-state index contributed by atoms with van der Waals surface area (Å²) in [6, 6.07) is 26.3. The summed E-state index contributed by atoms with van der Waals surface area (Å²) in [7, 11) is 0. The van der Waals surface area contributed by atoms with Gasteiger partial charge in [0, 0.05) is 0 Å². The average Bonchev–Trinajstić information content (AvgIpc) is 2.97. The zero-order chi connectivity index (χ0) is 26.7. The number of esters is 2. The number of carbonyl (C=O) groups excluding carboxylic acids is 2. The molecule has 1 N–H and O–H groups in total. The SMILES string of the molecule is C=CCO[C@@H]1OC(COC(=O)c2ccccc2)[C@H](OCc2ccccc2)C(O)C1OC(=O)c1ccccc1. The van der Waals surface area contributed by atoms with E-state index < -0.39 is 42.6 Å². The van der Waals surface area contributed by atoms with Gasteiger partial charge in [-0.25, -0.2) is 9.59 Å². The van der Waals surface area contributed by atoms with Gasteiger partial charge in [0.15, 0.2) is 12.4 Å². The lowest BCUT2D eigenvalue weighted by atomic mass is 9.98. The summed E-state index contributed by atoms with van der Waals surface area (Å²) in [4.78, 5) is 25.4. The lowest BCUT2D eigenvalue weighted by Crippen LogP contribution is -2.61. The first-order valence-electron chi connectivity index (χ1n) is 12.3. The first-order chi connectivity index (χ1) is 18.6. The second kappa shape index (κ2) is 13.6. The van der Waals surface area contributed by atoms with Gasteiger partial charge in [-0.15, -0.1) is 6.58 Å². The normalized spacial score (nSPS) is 22.8. The van der Waals surface area contributed by atoms with Gasteiger partial charge in [-0.05, 0) is 29.8 Å². The Bertz CT molecular complexity index is 1170. The van der Waals surface area contributed by atoms with Crippen LogP contribution >= 0.6 is 0 Å². The average molecular weight is 519 g/mol. The van der Waals surface area contributed by atoms with Gasteiger partial charge in [-0.3, -0.25) is 0 Å². The molecule has 0 bridgehead atoms. The van der Waals surface area contributed by atoms with Crippen molar-refractivity contribution in [3.63, 3.8) is 0 Å². The smallest absolute Gasteiger partial charge is 0.338 e. The van der Waals surface area contributed by atoms with Crippen molar-refractivity contribution in [1.29, 1.82) is 0 Å². The molecule has 3 aromatic carbocycles. The molecule has 1 heterocycles. The molecular weight excluding hydrogens is 488 g/mol. The molecule has 0 radical (unpaired) electrons. The van der Waals surface area contributed by atoms with Crippen LogP contribution < -0.4 is 0 Å². The predicted molar refractivity (Wildman–Crippen MR) is 138 cm³/mol. The highest BCUT2D eigenvalue weighted by molar-refractivity contribution is 5.89. The van der Waals surface area contributed by atoms with E-state index in [4.69, 9.17) is 23.7 Å². The Morgan fingerprint density at radius 1 is 0.816 bits per heavy atom. The van der Waals surface area contributed by atoms with Crippen molar-refractivity contribution in [2.45, 2.75) is 37.3 Å². The van der Waals surface area contributed by atoms with Gasteiger partial charge in [-0.1, -0.05) is 72.8 Å². The molecule has 0 amide bonds. The fourth-order valence-corrected chi connectivity index (χ4v) is 4.01. The molecule has 8 nitrogen and oxygen atoms in total. The molecule has 0 aliphatic carbocycles. The molecule has 0 aromatic heterocycles. The van der Waals surface area contributed by atoms with E-state index in [0.717, 1.165) is 5.56 Å². The molecule has 1 aliphatic rings. The second-order valence-corrected chi connectivity index (χ2v) is 8.62. The Balaban J connectivity index is 1.54. The molecule has 198 valence electrons. The van der Waals surface area contributed by atoms with Crippen LogP contribution in [-0.4, -0.2) is 61.0 Å². The highest BCUT2D eigenvalue weighted by Crippen LogP contribution is 2.29. The van der Waals surface area contributed by atoms with E-state index in [1.807, 2.05) is 30.3 Å². The van der Waals surface area contributed by atoms with E-state index in [9.17, 15) is 14.7 Å². The van der Waals surface area contributed by atoms with E-state index in [0.29, 0.717) is 11.1 Å². The molecule has 3 aromatic rings. The third kappa shape index (κ3) is 7.14. The highest BCUT2D eigenvalue weighted by atomic mass is 16.7. The third-order valence-corrected chi connectivity index (χ3v) is 5.92. The maximum absolute atomic E-state index is 12.8. The molecule has 3 unspecified atom stereocenters. The van der Waals surface area contributed by atoms with Gasteiger partial charge in [0.1, 0.15) is 24.9 Å². The van der Waals surface area contributed by atoms with Crippen LogP contribution in [0.15, 0.2) is 104 Å². The molecule has 38 heavy (non-hydrogen) atoms. The molecule has 1 fully saturated rings. The van der Waals surface area contributed by atoms with Crippen LogP contribution in [-0.2, 0) is 30.3 Å². The molecule has 1 saturated heterocycles. The first kappa shape index (κ1) is 27.2. The molecule has 0 saturated carbocycles. The number of hydrogen-bond acceptors (Lipinski definition) is 8. The quantitative estimate of drug-likeness (QED) is 0.301. The lowest BCUT2D eigenvalue weighted by Gasteiger charge is -2.43. The molecule has 4 rings (SSSR count). The van der Waals surface area contributed by atoms with Crippen molar-refractivity contribution in [2.75, 3.05) is 13.2 Å². The Morgan fingerprint density at radius 3 is 2.00 bits per heavy atom. The van der Waals surface area contributed by atoms with Crippen LogP contribution in [0.3, 0.4) is 0 Å². The van der Waals surface area contributed by atoms with Crippen LogP contribution in [0, 0.1) is 0 Å². The summed E-state index contributed by atoms with van der Waals surface area (Å²) in [6.45, 7) is 3.64. The summed E-state index contributed by atoms with van der Waals surface area (Å²) in [6.07, 6.45) is -4.14. The zero-order valence-corrected chi connectivity index (χ0v) is 20.8. The van der Waals surface area contributed by atoms with Crippen LogP contribution in [0.4, 0.5) is 0 Å². The maximum Gasteiger partial charge on any atom is 0.338 e. The van der Waals surface area contributed by atoms with Crippen LogP contribution in [0.2, 0.25) is 0 Å². The van der Waals surface area contributed by atoms with Crippen LogP contribution in [0.25, 0.3) is 0 Å². The number of hydrogen-bond donors (Lipinski definition) is 1. The number of benzene rings is 3. The molecule has 0 spiro atoms. The summed E-state index contributed by atoms with van der Waals surface area (Å²) in [5, 5.41) is 11.4. The Labute approximate surface area is 221 Å². The van der Waals surface area contributed by atoms with E-state index in [1.54, 1.807) is 60.7 Å². The fraction of sp³-hybridized carbons (Fsp3) is 0.267. The summed E-state index contributed by atoms with van der Waals surface area (Å²) in [5.41, 5.74) is 1.55. The summed E-state index contributed by atoms with van der Waals surface area (Å²) < 4.78 is 29.0. The molecule has 1 aliphatic heterocycles. The van der Waals surface area contributed by atoms with Crippen molar-refractivity contribution < 1.29 is 38.4 Å². The summed E-state index contributed by atoms with van der Waals surface area (Å²) >= 11 is 0. The Morgan fingerprint density at radius 2 is 1.39 bits per heavy atom. The number of rotatable bonds is 11. The Hall–Kier alpha value is -3.82. The monoisotopic (exact) mass is 518 g/mol. The first-order valence-corrected chi connectivity index (χ1v) is 12.3. The predicted octanol–water partition coefficient (Wildman–Crippen LogP) is 3.94. The number of aliphatic hydroxyl groups excluding tert-OH is 1. The van der Waals surface area contributed by atoms with Crippen molar-refractivity contribution >= 4 is 11.9 Å². The second-order valence-electron chi connectivity index (χ2n) is 8.62. The zero-order valence-electron chi connectivity index (χ0n) is 20.8. The van der Waals surface area contributed by atoms with Crippen molar-refractivity contribution in [3.05, 3.63) is 120 Å². The van der Waals surface area contributed by atoms with E-state index in [-0.39, 0.29) is 19.8 Å². The summed E-state index contributed by atoms with van der Waals surface area (Å²) in [5.74, 6) is -1.20. The number of ether oxygens (including phenoxy) is 5. The van der Waals surface area contributed by atoms with Crippen molar-refractivity contribution in [3.8, 4) is 0 Å². The number of carbonyl (C=O) groups is 2. The number of aliphatic hydroxyl groups is 1. The Kier molecular flexibility index (Phi) is 9.77. The maximum atomic E-state index is 12.8. The van der Waals surface area contributed by atoms with E-state index >= 15 is 0 Å². The molecule has 8 heteroatoms. The van der Waals surface area contributed by atoms with Gasteiger partial charge >= 0.3 is 11.9 Å². The fourth-order valence-electron chi connectivity index (χ4n) is 4.01. The van der Waals surface area contributed by atoms with Crippen molar-refractivity contribution in [1.82, 2.24) is 0 Å². The van der Waals surface area contributed by atoms with Gasteiger partial charge in [0.2, 0.25) is 0 Å². The van der Waals surface area contributed by atoms with E-state index in [1.165, 1.54) is 6.08 Å². The molecule has 5 atom stereocenters. The van der Waals surface area contributed by atoms with Crippen molar-refractivity contribution in [2.24, 2.45) is 0 Å². The highest BCUT2D eigenvalue weighted by Gasteiger charge is 2.49. The van der Waals surface area contributed by atoms with Crippen LogP contribution in [0.1, 0.15) is 26.3 Å². The molecular formula is C30H30O8. The minimum atomic E-state index is -1.35. The van der Waals surface area contributed by atoms with Gasteiger partial charge in [0.05, 0.1) is 24.3 Å². The van der Waals surface area contributed by atoms with Gasteiger partial charge in [-0.2, -0.15) is 0 Å². The van der Waals surface area contributed by atoms with Gasteiger partial charge < -0.3 is 28.8 Å². The topological polar surface area (TPSA) is 101 Å². The van der Waals surface area contributed by atoms with E-state index in [2.05, 4.69) is 6.58 Å². The minimum Gasteiger partial charge on any atom is -0.459 e.